The summed E-state index contributed by atoms with van der Waals surface area (Å²) in [6, 6.07) is 14.0. The maximum Gasteiger partial charge on any atom is 0.254 e. The van der Waals surface area contributed by atoms with Crippen LogP contribution in [0.3, 0.4) is 0 Å². The molecule has 0 atom stereocenters. The van der Waals surface area contributed by atoms with Gasteiger partial charge in [0.2, 0.25) is 0 Å². The van der Waals surface area contributed by atoms with Crippen LogP contribution < -0.4 is 0 Å². The molecule has 0 spiro atoms. The number of amides is 1. The highest BCUT2D eigenvalue weighted by molar-refractivity contribution is 6.30. The smallest absolute Gasteiger partial charge is 0.254 e. The molecule has 0 radical (unpaired) electrons. The molecular weight excluding hydrogens is 386 g/mol. The van der Waals surface area contributed by atoms with Gasteiger partial charge in [0.25, 0.3) is 5.91 Å². The van der Waals surface area contributed by atoms with E-state index >= 15 is 0 Å². The molecule has 1 aliphatic heterocycles. The van der Waals surface area contributed by atoms with Crippen LogP contribution in [0.4, 0.5) is 0 Å². The molecule has 4 rings (SSSR count). The molecule has 5 nitrogen and oxygen atoms in total. The Morgan fingerprint density at radius 2 is 1.90 bits per heavy atom. The van der Waals surface area contributed by atoms with Crippen LogP contribution in [0.25, 0.3) is 11.3 Å². The van der Waals surface area contributed by atoms with Crippen LogP contribution in [0.15, 0.2) is 48.5 Å². The molecule has 29 heavy (non-hydrogen) atoms. The van der Waals surface area contributed by atoms with Gasteiger partial charge in [-0.2, -0.15) is 0 Å². The predicted molar refractivity (Wildman–Crippen MR) is 113 cm³/mol. The minimum Gasteiger partial charge on any atom is -0.508 e. The number of carbonyl (C=O) groups excluding carboxylic acids is 1. The minimum absolute atomic E-state index is 0.0530. The first-order valence-corrected chi connectivity index (χ1v) is 10.0. The van der Waals surface area contributed by atoms with E-state index in [1.807, 2.05) is 17.0 Å². The molecule has 0 bridgehead atoms. The van der Waals surface area contributed by atoms with Crippen LogP contribution in [-0.2, 0) is 13.0 Å². The van der Waals surface area contributed by atoms with Gasteiger partial charge >= 0.3 is 0 Å². The number of phenols is 1. The van der Waals surface area contributed by atoms with Gasteiger partial charge in [0, 0.05) is 47.1 Å². The van der Waals surface area contributed by atoms with Gasteiger partial charge in [0.05, 0.1) is 11.4 Å². The first-order valence-electron chi connectivity index (χ1n) is 9.66. The van der Waals surface area contributed by atoms with Crippen molar-refractivity contribution < 1.29 is 9.90 Å². The topological polar surface area (TPSA) is 66.3 Å². The van der Waals surface area contributed by atoms with Crippen molar-refractivity contribution in [1.29, 1.82) is 0 Å². The average molecular weight is 408 g/mol. The van der Waals surface area contributed by atoms with Crippen LogP contribution in [-0.4, -0.2) is 32.4 Å². The summed E-state index contributed by atoms with van der Waals surface area (Å²) >= 11 is 6.06. The molecule has 0 saturated heterocycles. The number of fused-ring (bicyclic) bond motifs is 1. The fourth-order valence-electron chi connectivity index (χ4n) is 3.53. The van der Waals surface area contributed by atoms with Crippen molar-refractivity contribution >= 4 is 17.5 Å². The Kier molecular flexibility index (Phi) is 5.24. The number of aromatic hydroxyl groups is 1. The lowest BCUT2D eigenvalue weighted by molar-refractivity contribution is 0.0733. The van der Waals surface area contributed by atoms with E-state index in [0.717, 1.165) is 28.3 Å². The number of rotatable bonds is 3. The molecule has 2 heterocycles. The fraction of sp³-hybridized carbons (Fsp3) is 0.261. The number of hydrogen-bond donors (Lipinski definition) is 1. The molecule has 0 aliphatic carbocycles. The standard InChI is InChI=1S/C23H22ClN3O2/c1-14(2)22-25-20-10-11-27(23(29)16-4-3-5-17(24)12-16)13-19(20)21(26-22)15-6-8-18(28)9-7-15/h3-9,12,14,28H,10-11,13H2,1-2H3. The first kappa shape index (κ1) is 19.4. The van der Waals surface area contributed by atoms with Crippen LogP contribution in [0.2, 0.25) is 5.02 Å². The van der Waals surface area contributed by atoms with E-state index < -0.39 is 0 Å². The van der Waals surface area contributed by atoms with Gasteiger partial charge in [-0.1, -0.05) is 31.5 Å². The van der Waals surface area contributed by atoms with Gasteiger partial charge in [-0.25, -0.2) is 9.97 Å². The van der Waals surface area contributed by atoms with Crippen molar-refractivity contribution in [2.24, 2.45) is 0 Å². The molecule has 1 amide bonds. The maximum absolute atomic E-state index is 13.0. The van der Waals surface area contributed by atoms with Gasteiger partial charge in [0.15, 0.2) is 0 Å². The Morgan fingerprint density at radius 1 is 1.14 bits per heavy atom. The molecule has 3 aromatic rings. The SMILES string of the molecule is CC(C)c1nc2c(c(-c3ccc(O)cc3)n1)CN(C(=O)c1cccc(Cl)c1)CC2. The highest BCUT2D eigenvalue weighted by Crippen LogP contribution is 2.31. The number of nitrogens with zero attached hydrogens (tertiary/aromatic N) is 3. The molecular formula is C23H22ClN3O2. The highest BCUT2D eigenvalue weighted by Gasteiger charge is 2.27. The van der Waals surface area contributed by atoms with E-state index in [0.29, 0.717) is 30.1 Å². The monoisotopic (exact) mass is 407 g/mol. The van der Waals surface area contributed by atoms with Crippen molar-refractivity contribution in [3.63, 3.8) is 0 Å². The Balaban J connectivity index is 1.74. The number of aromatic nitrogens is 2. The summed E-state index contributed by atoms with van der Waals surface area (Å²) in [5.74, 6) is 1.14. The van der Waals surface area contributed by atoms with E-state index in [-0.39, 0.29) is 17.6 Å². The molecule has 2 aromatic carbocycles. The number of benzene rings is 2. The fourth-order valence-corrected chi connectivity index (χ4v) is 3.72. The lowest BCUT2D eigenvalue weighted by Gasteiger charge is -2.30. The van der Waals surface area contributed by atoms with Crippen molar-refractivity contribution in [1.82, 2.24) is 14.9 Å². The number of carbonyl (C=O) groups is 1. The van der Waals surface area contributed by atoms with Crippen molar-refractivity contribution in [2.45, 2.75) is 32.7 Å². The molecule has 0 saturated carbocycles. The van der Waals surface area contributed by atoms with Crippen molar-refractivity contribution in [2.75, 3.05) is 6.54 Å². The van der Waals surface area contributed by atoms with Crippen LogP contribution in [0, 0.1) is 0 Å². The first-order chi connectivity index (χ1) is 13.9. The Hall–Kier alpha value is -2.92. The second kappa shape index (κ2) is 7.84. The Morgan fingerprint density at radius 3 is 2.59 bits per heavy atom. The molecule has 148 valence electrons. The summed E-state index contributed by atoms with van der Waals surface area (Å²) in [5, 5.41) is 10.2. The van der Waals surface area contributed by atoms with Crippen LogP contribution >= 0.6 is 11.6 Å². The third-order valence-corrected chi connectivity index (χ3v) is 5.33. The number of phenolic OH excluding ortho intramolecular Hbond substituents is 1. The minimum atomic E-state index is -0.0530. The van der Waals surface area contributed by atoms with Gasteiger partial charge in [-0.3, -0.25) is 4.79 Å². The lowest BCUT2D eigenvalue weighted by atomic mass is 9.97. The van der Waals surface area contributed by atoms with E-state index in [1.165, 1.54) is 0 Å². The third kappa shape index (κ3) is 3.96. The zero-order valence-corrected chi connectivity index (χ0v) is 17.1. The Bertz CT molecular complexity index is 1060. The maximum atomic E-state index is 13.0. The van der Waals surface area contributed by atoms with Crippen molar-refractivity contribution in [3.05, 3.63) is 76.2 Å². The third-order valence-electron chi connectivity index (χ3n) is 5.09. The molecule has 6 heteroatoms. The number of hydrogen-bond acceptors (Lipinski definition) is 4. The summed E-state index contributed by atoms with van der Waals surface area (Å²) in [4.78, 5) is 24.4. The summed E-state index contributed by atoms with van der Waals surface area (Å²) in [6.45, 7) is 5.18. The molecule has 1 aromatic heterocycles. The summed E-state index contributed by atoms with van der Waals surface area (Å²) in [5.41, 5.74) is 4.25. The zero-order valence-electron chi connectivity index (χ0n) is 16.4. The highest BCUT2D eigenvalue weighted by atomic mass is 35.5. The van der Waals surface area contributed by atoms with Gasteiger partial charge in [-0.15, -0.1) is 0 Å². The van der Waals surface area contributed by atoms with Gasteiger partial charge in [-0.05, 0) is 42.5 Å². The summed E-state index contributed by atoms with van der Waals surface area (Å²) in [7, 11) is 0. The van der Waals surface area contributed by atoms with Crippen LogP contribution in [0.1, 0.15) is 47.2 Å². The second-order valence-corrected chi connectivity index (χ2v) is 7.98. The molecule has 1 aliphatic rings. The zero-order chi connectivity index (χ0) is 20.5. The largest absolute Gasteiger partial charge is 0.508 e. The van der Waals surface area contributed by atoms with Crippen LogP contribution in [0.5, 0.6) is 5.75 Å². The van der Waals surface area contributed by atoms with Gasteiger partial charge < -0.3 is 10.0 Å². The van der Waals surface area contributed by atoms with E-state index in [9.17, 15) is 9.90 Å². The van der Waals surface area contributed by atoms with E-state index in [2.05, 4.69) is 13.8 Å². The van der Waals surface area contributed by atoms with Crippen molar-refractivity contribution in [3.8, 4) is 17.0 Å². The van der Waals surface area contributed by atoms with E-state index in [1.54, 1.807) is 36.4 Å². The second-order valence-electron chi connectivity index (χ2n) is 7.54. The molecule has 1 N–H and O–H groups in total. The predicted octanol–water partition coefficient (Wildman–Crippen LogP) is 4.82. The number of halogens is 1. The summed E-state index contributed by atoms with van der Waals surface area (Å²) < 4.78 is 0. The Labute approximate surface area is 175 Å². The molecule has 0 unspecified atom stereocenters. The van der Waals surface area contributed by atoms with Gasteiger partial charge in [0.1, 0.15) is 11.6 Å². The quantitative estimate of drug-likeness (QED) is 0.675. The lowest BCUT2D eigenvalue weighted by Crippen LogP contribution is -2.37. The normalized spacial score (nSPS) is 13.4. The summed E-state index contributed by atoms with van der Waals surface area (Å²) in [6.07, 6.45) is 0.676. The molecule has 0 fully saturated rings. The average Bonchev–Trinajstić information content (AvgIpc) is 2.72. The van der Waals surface area contributed by atoms with E-state index in [4.69, 9.17) is 21.6 Å².